The molecule has 0 saturated carbocycles. The predicted octanol–water partition coefficient (Wildman–Crippen LogP) is 5.83. The van der Waals surface area contributed by atoms with Crippen molar-refractivity contribution in [1.29, 1.82) is 0 Å². The molecule has 1 fully saturated rings. The number of nitrogens with one attached hydrogen (secondary N) is 2. The molecule has 0 spiro atoms. The molecule has 2 amide bonds. The van der Waals surface area contributed by atoms with Crippen LogP contribution in [0, 0.1) is 5.41 Å². The van der Waals surface area contributed by atoms with Crippen molar-refractivity contribution in [2.45, 2.75) is 40.3 Å². The lowest BCUT2D eigenvalue weighted by Gasteiger charge is -2.34. The molecule has 1 saturated heterocycles. The van der Waals surface area contributed by atoms with Gasteiger partial charge < -0.3 is 25.3 Å². The first-order valence-corrected chi connectivity index (χ1v) is 14.8. The maximum absolute atomic E-state index is 13.8. The predicted molar refractivity (Wildman–Crippen MR) is 165 cm³/mol. The molecule has 0 bridgehead atoms. The summed E-state index contributed by atoms with van der Waals surface area (Å²) in [5.74, 6) is 0.526. The number of benzene rings is 2. The quantitative estimate of drug-likeness (QED) is 0.361. The summed E-state index contributed by atoms with van der Waals surface area (Å²) in [5, 5.41) is 13.0. The van der Waals surface area contributed by atoms with Crippen molar-refractivity contribution in [3.8, 4) is 0 Å². The molecule has 2 aliphatic rings. The minimum atomic E-state index is -0.519. The molecule has 0 aliphatic carbocycles. The van der Waals surface area contributed by atoms with E-state index in [4.69, 9.17) is 28.0 Å². The fourth-order valence-electron chi connectivity index (χ4n) is 5.02. The van der Waals surface area contributed by atoms with E-state index in [1.165, 1.54) is 0 Å². The molecule has 1 aromatic heterocycles. The Kier molecular flexibility index (Phi) is 8.98. The second-order valence-electron chi connectivity index (χ2n) is 11.9. The third-order valence-corrected chi connectivity index (χ3v) is 8.06. The summed E-state index contributed by atoms with van der Waals surface area (Å²) in [7, 11) is 1.84. The number of rotatable bonds is 6. The van der Waals surface area contributed by atoms with E-state index in [1.54, 1.807) is 51.2 Å². The molecule has 2 aliphatic heterocycles. The normalized spacial score (nSPS) is 15.8. The van der Waals surface area contributed by atoms with Crippen molar-refractivity contribution < 1.29 is 14.4 Å². The number of carbonyl (C=O) groups excluding carboxylic acids is 2. The van der Waals surface area contributed by atoms with E-state index in [9.17, 15) is 9.59 Å². The van der Waals surface area contributed by atoms with E-state index in [2.05, 4.69) is 41.4 Å². The van der Waals surface area contributed by atoms with Crippen molar-refractivity contribution in [2.75, 3.05) is 42.9 Å². The smallest absolute Gasteiger partial charge is 0.351 e. The fraction of sp³-hybridized carbons (Fsp3) is 0.433. The number of aryl methyl sites for hydroxylation is 1. The van der Waals surface area contributed by atoms with Crippen LogP contribution in [0.3, 0.4) is 0 Å². The molecule has 0 radical (unpaired) electrons. The minimum Gasteiger partial charge on any atom is -0.351 e. The van der Waals surface area contributed by atoms with Crippen molar-refractivity contribution in [1.82, 2.24) is 25.1 Å². The molecule has 3 aromatic rings. The minimum absolute atomic E-state index is 0.215. The number of hydrogen-bond acceptors (Lipinski definition) is 7. The molecular formula is C30H37Cl2N7O3. The number of anilines is 3. The Morgan fingerprint density at radius 1 is 1.07 bits per heavy atom. The summed E-state index contributed by atoms with van der Waals surface area (Å²) >= 11 is 12.9. The van der Waals surface area contributed by atoms with E-state index in [-0.39, 0.29) is 17.5 Å². The zero-order valence-corrected chi connectivity index (χ0v) is 25.9. The Balaban J connectivity index is 1.19. The first-order valence-electron chi connectivity index (χ1n) is 14.1. The van der Waals surface area contributed by atoms with Gasteiger partial charge in [0.2, 0.25) is 0 Å². The van der Waals surface area contributed by atoms with Crippen molar-refractivity contribution >= 4 is 52.4 Å². The molecular weight excluding hydrogens is 577 g/mol. The van der Waals surface area contributed by atoms with E-state index in [0.717, 1.165) is 43.0 Å². The van der Waals surface area contributed by atoms with Gasteiger partial charge in [-0.3, -0.25) is 9.48 Å². The van der Waals surface area contributed by atoms with Gasteiger partial charge in [0.1, 0.15) is 5.82 Å². The Labute approximate surface area is 256 Å². The molecule has 3 heterocycles. The molecule has 12 heteroatoms. The molecule has 224 valence electrons. The number of hydroxylamine groups is 2. The second-order valence-corrected chi connectivity index (χ2v) is 12.8. The summed E-state index contributed by atoms with van der Waals surface area (Å²) in [6, 6.07) is 10.5. The summed E-state index contributed by atoms with van der Waals surface area (Å²) < 4.78 is 1.72. The summed E-state index contributed by atoms with van der Waals surface area (Å²) in [6.45, 7) is 11.4. The number of fused-ring (bicyclic) bond motifs is 2. The van der Waals surface area contributed by atoms with Gasteiger partial charge in [0.15, 0.2) is 0 Å². The van der Waals surface area contributed by atoms with Gasteiger partial charge in [0.05, 0.1) is 34.7 Å². The maximum Gasteiger partial charge on any atom is 0.426 e. The van der Waals surface area contributed by atoms with Gasteiger partial charge in [-0.25, -0.2) is 4.79 Å². The van der Waals surface area contributed by atoms with Crippen LogP contribution < -0.4 is 15.5 Å². The Bertz CT molecular complexity index is 1460. The van der Waals surface area contributed by atoms with E-state index < -0.39 is 6.09 Å². The lowest BCUT2D eigenvalue weighted by atomic mass is 9.92. The van der Waals surface area contributed by atoms with Gasteiger partial charge in [-0.2, -0.15) is 5.10 Å². The van der Waals surface area contributed by atoms with Crippen LogP contribution in [0.4, 0.5) is 22.0 Å². The zero-order chi connectivity index (χ0) is 30.0. The Morgan fingerprint density at radius 3 is 2.55 bits per heavy atom. The first kappa shape index (κ1) is 30.2. The highest BCUT2D eigenvalue weighted by Crippen LogP contribution is 2.38. The van der Waals surface area contributed by atoms with Crippen molar-refractivity contribution in [3.05, 3.63) is 69.3 Å². The van der Waals surface area contributed by atoms with Crippen LogP contribution in [-0.2, 0) is 25.0 Å². The van der Waals surface area contributed by atoms with Gasteiger partial charge in [-0.1, -0.05) is 50.0 Å². The second kappa shape index (κ2) is 12.5. The fourth-order valence-corrected chi connectivity index (χ4v) is 5.47. The average molecular weight is 615 g/mol. The number of nitrogens with zero attached hydrogens (tertiary/aromatic N) is 5. The highest BCUT2D eigenvalue weighted by atomic mass is 35.5. The molecule has 0 atom stereocenters. The van der Waals surface area contributed by atoms with E-state index in [1.807, 2.05) is 13.1 Å². The standard InChI is InChI=1S/C30H37Cl2N7O3/c1-30(2,3)9-10-37-11-13-38(14-12-37)42-29(41)33-17-20-5-7-23(24(32)15-20)28(40)39-19-21-18-34-36(4)27(21)35-25-16-22(31)6-8-26(25)39/h5-8,15-16,18,35H,9-14,17,19H2,1-4H3,(H,33,41). The van der Waals surface area contributed by atoms with Gasteiger partial charge in [-0.05, 0) is 54.3 Å². The van der Waals surface area contributed by atoms with Crippen molar-refractivity contribution in [2.24, 2.45) is 12.5 Å². The van der Waals surface area contributed by atoms with E-state index in [0.29, 0.717) is 47.0 Å². The molecule has 42 heavy (non-hydrogen) atoms. The van der Waals surface area contributed by atoms with Crippen LogP contribution in [0.5, 0.6) is 0 Å². The van der Waals surface area contributed by atoms with Gasteiger partial charge in [0.25, 0.3) is 5.91 Å². The highest BCUT2D eigenvalue weighted by molar-refractivity contribution is 6.35. The lowest BCUT2D eigenvalue weighted by molar-refractivity contribution is -0.123. The van der Waals surface area contributed by atoms with Gasteiger partial charge >= 0.3 is 6.09 Å². The number of piperazine rings is 1. The highest BCUT2D eigenvalue weighted by Gasteiger charge is 2.28. The average Bonchev–Trinajstić information content (AvgIpc) is 3.19. The number of aromatic nitrogens is 2. The van der Waals surface area contributed by atoms with Gasteiger partial charge in [-0.15, -0.1) is 5.06 Å². The molecule has 2 N–H and O–H groups in total. The first-order chi connectivity index (χ1) is 20.0. The molecule has 10 nitrogen and oxygen atoms in total. The molecule has 2 aromatic carbocycles. The SMILES string of the molecule is Cn1ncc2c1Nc1cc(Cl)ccc1N(C(=O)c1ccc(CNC(=O)ON3CCN(CCC(C)(C)C)CC3)cc1Cl)C2. The van der Waals surface area contributed by atoms with Crippen LogP contribution in [0.15, 0.2) is 42.6 Å². The van der Waals surface area contributed by atoms with Gasteiger partial charge in [0, 0.05) is 50.4 Å². The van der Waals surface area contributed by atoms with Crippen LogP contribution in [0.25, 0.3) is 0 Å². The zero-order valence-electron chi connectivity index (χ0n) is 24.4. The Hall–Kier alpha value is -3.31. The van der Waals surface area contributed by atoms with E-state index >= 15 is 0 Å². The monoisotopic (exact) mass is 613 g/mol. The number of halogens is 2. The summed E-state index contributed by atoms with van der Waals surface area (Å²) in [6.07, 6.45) is 2.34. The molecule has 5 rings (SSSR count). The van der Waals surface area contributed by atoms with Crippen molar-refractivity contribution in [3.63, 3.8) is 0 Å². The summed E-state index contributed by atoms with van der Waals surface area (Å²) in [5.41, 5.74) is 3.64. The third-order valence-electron chi connectivity index (χ3n) is 7.51. The maximum atomic E-state index is 13.8. The van der Waals surface area contributed by atoms with Crippen LogP contribution in [-0.4, -0.2) is 64.5 Å². The number of amides is 2. The summed E-state index contributed by atoms with van der Waals surface area (Å²) in [4.78, 5) is 35.8. The number of hydrogen-bond donors (Lipinski definition) is 2. The third kappa shape index (κ3) is 7.18. The number of carbonyl (C=O) groups is 2. The van der Waals surface area contributed by atoms with Crippen LogP contribution in [0.1, 0.15) is 48.7 Å². The van der Waals surface area contributed by atoms with Crippen LogP contribution in [0.2, 0.25) is 10.0 Å². The Morgan fingerprint density at radius 2 is 1.83 bits per heavy atom. The largest absolute Gasteiger partial charge is 0.426 e. The topological polar surface area (TPSA) is 95.0 Å². The van der Waals surface area contributed by atoms with Crippen LogP contribution >= 0.6 is 23.2 Å². The lowest BCUT2D eigenvalue weighted by Crippen LogP contribution is -2.48. The molecule has 0 unspecified atom stereocenters.